The first kappa shape index (κ1) is 25.2. The molecule has 0 fully saturated rings. The molecule has 1 aliphatic rings. The van der Waals surface area contributed by atoms with Crippen LogP contribution in [0.4, 0.5) is 0 Å². The zero-order valence-electron chi connectivity index (χ0n) is 21.4. The van der Waals surface area contributed by atoms with Crippen molar-refractivity contribution in [3.63, 3.8) is 0 Å². The van der Waals surface area contributed by atoms with E-state index in [0.29, 0.717) is 30.2 Å². The van der Waals surface area contributed by atoms with Crippen molar-refractivity contribution in [2.45, 2.75) is 32.5 Å². The fourth-order valence-corrected chi connectivity index (χ4v) is 4.67. The number of carbonyl (C=O) groups excluding carboxylic acids is 2. The third kappa shape index (κ3) is 4.89. The Hall–Kier alpha value is -3.94. The van der Waals surface area contributed by atoms with Crippen molar-refractivity contribution in [2.75, 3.05) is 34.4 Å². The van der Waals surface area contributed by atoms with Crippen molar-refractivity contribution in [1.82, 2.24) is 14.4 Å². The van der Waals surface area contributed by atoms with Crippen LogP contribution >= 0.6 is 0 Å². The van der Waals surface area contributed by atoms with Gasteiger partial charge in [-0.25, -0.2) is 0 Å². The molecular formula is C28H33N3O5. The lowest BCUT2D eigenvalue weighted by molar-refractivity contribution is -0.135. The van der Waals surface area contributed by atoms with Gasteiger partial charge in [0.05, 0.1) is 32.9 Å². The van der Waals surface area contributed by atoms with E-state index in [1.807, 2.05) is 61.3 Å². The van der Waals surface area contributed by atoms with E-state index in [0.717, 1.165) is 17.0 Å². The highest BCUT2D eigenvalue weighted by atomic mass is 16.5. The standard InChI is InChI=1S/C28H33N3O5/c1-19(2)31(28(33)23-12-11-22(35-4)17-25(23)36-5)18-26(32)30-15-14-29-13-7-10-24(29)27(30)20-8-6-9-21(16-20)34-3/h6-13,16-17,19,27H,14-15,18H2,1-5H3. The maximum Gasteiger partial charge on any atom is 0.258 e. The molecule has 8 nitrogen and oxygen atoms in total. The molecule has 1 unspecified atom stereocenters. The van der Waals surface area contributed by atoms with Crippen molar-refractivity contribution < 1.29 is 23.8 Å². The fourth-order valence-electron chi connectivity index (χ4n) is 4.67. The maximum absolute atomic E-state index is 13.8. The topological polar surface area (TPSA) is 73.2 Å². The van der Waals surface area contributed by atoms with Crippen LogP contribution in [0.15, 0.2) is 60.8 Å². The van der Waals surface area contributed by atoms with Gasteiger partial charge in [0.2, 0.25) is 5.91 Å². The van der Waals surface area contributed by atoms with Crippen LogP contribution in [0, 0.1) is 0 Å². The summed E-state index contributed by atoms with van der Waals surface area (Å²) in [7, 11) is 4.70. The lowest BCUT2D eigenvalue weighted by atomic mass is 9.99. The summed E-state index contributed by atoms with van der Waals surface area (Å²) in [5.41, 5.74) is 2.38. The van der Waals surface area contributed by atoms with Crippen LogP contribution in [-0.4, -0.2) is 66.6 Å². The van der Waals surface area contributed by atoms with E-state index in [9.17, 15) is 9.59 Å². The molecule has 0 radical (unpaired) electrons. The molecule has 0 bridgehead atoms. The minimum Gasteiger partial charge on any atom is -0.497 e. The molecule has 2 heterocycles. The van der Waals surface area contributed by atoms with Crippen LogP contribution in [0.3, 0.4) is 0 Å². The van der Waals surface area contributed by atoms with Crippen LogP contribution in [0.5, 0.6) is 17.2 Å². The van der Waals surface area contributed by atoms with Crippen LogP contribution in [-0.2, 0) is 11.3 Å². The van der Waals surface area contributed by atoms with Gasteiger partial charge in [-0.15, -0.1) is 0 Å². The van der Waals surface area contributed by atoms with E-state index in [4.69, 9.17) is 14.2 Å². The second-order valence-corrected chi connectivity index (χ2v) is 8.99. The molecule has 2 amide bonds. The number of aromatic nitrogens is 1. The van der Waals surface area contributed by atoms with E-state index in [-0.39, 0.29) is 30.4 Å². The van der Waals surface area contributed by atoms with Crippen molar-refractivity contribution in [3.05, 3.63) is 77.6 Å². The molecular weight excluding hydrogens is 458 g/mol. The summed E-state index contributed by atoms with van der Waals surface area (Å²) in [6, 6.07) is 16.4. The molecule has 190 valence electrons. The molecule has 0 spiro atoms. The molecule has 3 aromatic rings. The zero-order chi connectivity index (χ0) is 25.8. The summed E-state index contributed by atoms with van der Waals surface area (Å²) in [6.45, 7) is 4.99. The molecule has 2 aromatic carbocycles. The maximum atomic E-state index is 13.8. The number of fused-ring (bicyclic) bond motifs is 1. The number of ether oxygens (including phenoxy) is 3. The van der Waals surface area contributed by atoms with E-state index < -0.39 is 0 Å². The number of methoxy groups -OCH3 is 3. The highest BCUT2D eigenvalue weighted by molar-refractivity contribution is 5.99. The summed E-state index contributed by atoms with van der Waals surface area (Å²) in [5, 5.41) is 0. The minimum absolute atomic E-state index is 0.0487. The molecule has 1 atom stereocenters. The normalized spacial score (nSPS) is 14.8. The smallest absolute Gasteiger partial charge is 0.258 e. The number of rotatable bonds is 8. The molecule has 1 aromatic heterocycles. The predicted molar refractivity (Wildman–Crippen MR) is 137 cm³/mol. The van der Waals surface area contributed by atoms with Crippen LogP contribution in [0.2, 0.25) is 0 Å². The van der Waals surface area contributed by atoms with Gasteiger partial charge in [-0.3, -0.25) is 9.59 Å². The molecule has 8 heteroatoms. The average Bonchev–Trinajstić information content (AvgIpc) is 3.39. The quantitative estimate of drug-likeness (QED) is 0.476. The van der Waals surface area contributed by atoms with Crippen LogP contribution in [0.25, 0.3) is 0 Å². The Morgan fingerprint density at radius 1 is 0.944 bits per heavy atom. The lowest BCUT2D eigenvalue weighted by Gasteiger charge is -2.39. The highest BCUT2D eigenvalue weighted by Gasteiger charge is 2.34. The number of hydrogen-bond acceptors (Lipinski definition) is 5. The Bertz CT molecular complexity index is 1240. The van der Waals surface area contributed by atoms with Crippen molar-refractivity contribution in [3.8, 4) is 17.2 Å². The summed E-state index contributed by atoms with van der Waals surface area (Å²) < 4.78 is 18.3. The summed E-state index contributed by atoms with van der Waals surface area (Å²) in [5.74, 6) is 1.34. The predicted octanol–water partition coefficient (Wildman–Crippen LogP) is 4.00. The largest absolute Gasteiger partial charge is 0.497 e. The first-order valence-electron chi connectivity index (χ1n) is 12.0. The monoisotopic (exact) mass is 491 g/mol. The third-order valence-electron chi connectivity index (χ3n) is 6.60. The van der Waals surface area contributed by atoms with Gasteiger partial charge >= 0.3 is 0 Å². The Morgan fingerprint density at radius 2 is 1.69 bits per heavy atom. The van der Waals surface area contributed by atoms with E-state index in [2.05, 4.69) is 4.57 Å². The summed E-state index contributed by atoms with van der Waals surface area (Å²) in [4.78, 5) is 30.8. The Balaban J connectivity index is 1.64. The molecule has 0 saturated carbocycles. The van der Waals surface area contributed by atoms with Gasteiger partial charge in [-0.2, -0.15) is 0 Å². The second-order valence-electron chi connectivity index (χ2n) is 8.99. The van der Waals surface area contributed by atoms with Crippen LogP contribution in [0.1, 0.15) is 41.5 Å². The van der Waals surface area contributed by atoms with Crippen molar-refractivity contribution in [2.24, 2.45) is 0 Å². The van der Waals surface area contributed by atoms with Gasteiger partial charge in [0, 0.05) is 37.1 Å². The zero-order valence-corrected chi connectivity index (χ0v) is 21.4. The second kappa shape index (κ2) is 10.8. The molecule has 4 rings (SSSR count). The van der Waals surface area contributed by atoms with Gasteiger partial charge < -0.3 is 28.6 Å². The van der Waals surface area contributed by atoms with Gasteiger partial charge in [-0.1, -0.05) is 12.1 Å². The van der Waals surface area contributed by atoms with E-state index in [1.165, 1.54) is 7.11 Å². The minimum atomic E-state index is -0.281. The number of hydrogen-bond donors (Lipinski definition) is 0. The fraction of sp³-hybridized carbons (Fsp3) is 0.357. The van der Waals surface area contributed by atoms with Crippen molar-refractivity contribution in [1.29, 1.82) is 0 Å². The Labute approximate surface area is 212 Å². The summed E-state index contributed by atoms with van der Waals surface area (Å²) in [6.07, 6.45) is 2.03. The van der Waals surface area contributed by atoms with Gasteiger partial charge in [-0.05, 0) is 55.8 Å². The molecule has 1 aliphatic heterocycles. The number of benzene rings is 2. The number of amides is 2. The molecule has 36 heavy (non-hydrogen) atoms. The first-order chi connectivity index (χ1) is 17.4. The molecule has 0 aliphatic carbocycles. The van der Waals surface area contributed by atoms with Gasteiger partial charge in [0.1, 0.15) is 23.8 Å². The van der Waals surface area contributed by atoms with Crippen molar-refractivity contribution >= 4 is 11.8 Å². The SMILES string of the molecule is COc1cccc(C2c3cccn3CCN2C(=O)CN(C(=O)c2ccc(OC)cc2OC)C(C)C)c1. The van der Waals surface area contributed by atoms with Gasteiger partial charge in [0.25, 0.3) is 5.91 Å². The number of carbonyl (C=O) groups is 2. The molecule has 0 saturated heterocycles. The average molecular weight is 492 g/mol. The lowest BCUT2D eigenvalue weighted by Crippen LogP contribution is -2.49. The summed E-state index contributed by atoms with van der Waals surface area (Å²) >= 11 is 0. The Kier molecular flexibility index (Phi) is 7.52. The third-order valence-corrected chi connectivity index (χ3v) is 6.60. The van der Waals surface area contributed by atoms with Crippen LogP contribution < -0.4 is 14.2 Å². The highest BCUT2D eigenvalue weighted by Crippen LogP contribution is 2.34. The number of nitrogens with zero attached hydrogens (tertiary/aromatic N) is 3. The van der Waals surface area contributed by atoms with E-state index in [1.54, 1.807) is 37.3 Å². The first-order valence-corrected chi connectivity index (χ1v) is 12.0. The molecule has 0 N–H and O–H groups in total. The Morgan fingerprint density at radius 3 is 2.39 bits per heavy atom. The van der Waals surface area contributed by atoms with E-state index >= 15 is 0 Å². The van der Waals surface area contributed by atoms with Gasteiger partial charge in [0.15, 0.2) is 0 Å².